The van der Waals surface area contributed by atoms with Gasteiger partial charge < -0.3 is 9.84 Å². The summed E-state index contributed by atoms with van der Waals surface area (Å²) in [5, 5.41) is 9.77. The maximum atomic E-state index is 12.9. The van der Waals surface area contributed by atoms with Crippen LogP contribution in [0, 0.1) is 17.3 Å². The molecule has 0 radical (unpaired) electrons. The van der Waals surface area contributed by atoms with Crippen molar-refractivity contribution >= 4 is 17.3 Å². The van der Waals surface area contributed by atoms with E-state index in [0.717, 1.165) is 43.8 Å². The fraction of sp³-hybridized carbons (Fsp3) is 0.480. The minimum atomic E-state index is -0.980. The monoisotopic (exact) mass is 425 g/mol. The second-order valence-electron chi connectivity index (χ2n) is 8.51. The fourth-order valence-electron chi connectivity index (χ4n) is 3.83. The summed E-state index contributed by atoms with van der Waals surface area (Å²) in [5.41, 5.74) is -0.230. The molecule has 1 fully saturated rings. The summed E-state index contributed by atoms with van der Waals surface area (Å²) in [4.78, 5) is 17.5. The molecule has 2 heterocycles. The largest absolute Gasteiger partial charge is 0.466 e. The molecule has 1 aromatic heterocycles. The van der Waals surface area contributed by atoms with Crippen LogP contribution in [0.5, 0.6) is 0 Å². The minimum Gasteiger partial charge on any atom is -0.466 e. The van der Waals surface area contributed by atoms with Gasteiger partial charge in [0.05, 0.1) is 16.9 Å². The van der Waals surface area contributed by atoms with Crippen molar-refractivity contribution in [3.8, 4) is 11.8 Å². The standard InChI is InChI=1S/C25H31NO3S/c1-4-29-23(27)25(18-20-8-6-5-7-9-20)14-16-26(17-15-25)19-22-11-10-21(30-22)12-13-24(2,3)28/h5-11,28H,4,14-19H2,1-3H3. The van der Waals surface area contributed by atoms with Crippen LogP contribution in [-0.2, 0) is 22.5 Å². The number of likely N-dealkylation sites (tertiary alicyclic amines) is 1. The smallest absolute Gasteiger partial charge is 0.312 e. The lowest BCUT2D eigenvalue weighted by Crippen LogP contribution is -2.46. The molecule has 0 atom stereocenters. The molecule has 5 heteroatoms. The van der Waals surface area contributed by atoms with E-state index in [9.17, 15) is 9.90 Å². The van der Waals surface area contributed by atoms with Crippen LogP contribution >= 0.6 is 11.3 Å². The summed E-state index contributed by atoms with van der Waals surface area (Å²) in [6.45, 7) is 8.27. The second kappa shape index (κ2) is 9.78. The van der Waals surface area contributed by atoms with Crippen LogP contribution in [0.4, 0.5) is 0 Å². The summed E-state index contributed by atoms with van der Waals surface area (Å²) >= 11 is 1.67. The number of hydrogen-bond donors (Lipinski definition) is 1. The highest BCUT2D eigenvalue weighted by atomic mass is 32.1. The number of carbonyl (C=O) groups excluding carboxylic acids is 1. The SMILES string of the molecule is CCOC(=O)C1(Cc2ccccc2)CCN(Cc2ccc(C#CC(C)(C)O)s2)CC1. The average molecular weight is 426 g/mol. The first-order valence-corrected chi connectivity index (χ1v) is 11.4. The molecular formula is C25H31NO3S. The number of rotatable bonds is 6. The van der Waals surface area contributed by atoms with Crippen molar-refractivity contribution in [2.75, 3.05) is 19.7 Å². The zero-order valence-electron chi connectivity index (χ0n) is 18.1. The van der Waals surface area contributed by atoms with Gasteiger partial charge in [-0.25, -0.2) is 0 Å². The third-order valence-corrected chi connectivity index (χ3v) is 6.43. The van der Waals surface area contributed by atoms with Crippen molar-refractivity contribution in [3.05, 3.63) is 57.8 Å². The molecule has 1 aromatic carbocycles. The molecule has 1 aliphatic rings. The van der Waals surface area contributed by atoms with Crippen molar-refractivity contribution in [1.82, 2.24) is 4.90 Å². The molecule has 3 rings (SSSR count). The van der Waals surface area contributed by atoms with E-state index >= 15 is 0 Å². The molecule has 0 saturated carbocycles. The number of carbonyl (C=O) groups is 1. The van der Waals surface area contributed by atoms with E-state index in [-0.39, 0.29) is 5.97 Å². The number of aliphatic hydroxyl groups is 1. The second-order valence-corrected chi connectivity index (χ2v) is 9.68. The van der Waals surface area contributed by atoms with Crippen LogP contribution < -0.4 is 0 Å². The Morgan fingerprint density at radius 2 is 1.90 bits per heavy atom. The number of piperidine rings is 1. The van der Waals surface area contributed by atoms with Gasteiger partial charge in [-0.3, -0.25) is 9.69 Å². The Hall–Kier alpha value is -2.13. The molecule has 0 bridgehead atoms. The van der Waals surface area contributed by atoms with Gasteiger partial charge in [-0.1, -0.05) is 42.2 Å². The zero-order chi connectivity index (χ0) is 21.6. The molecule has 4 nitrogen and oxygen atoms in total. The van der Waals surface area contributed by atoms with E-state index in [1.807, 2.05) is 31.2 Å². The summed E-state index contributed by atoms with van der Waals surface area (Å²) in [5.74, 6) is 5.85. The van der Waals surface area contributed by atoms with Crippen LogP contribution in [0.1, 0.15) is 48.9 Å². The van der Waals surface area contributed by atoms with Crippen molar-refractivity contribution < 1.29 is 14.6 Å². The van der Waals surface area contributed by atoms with Crippen molar-refractivity contribution in [2.24, 2.45) is 5.41 Å². The van der Waals surface area contributed by atoms with Gasteiger partial charge in [0.25, 0.3) is 0 Å². The Balaban J connectivity index is 1.64. The van der Waals surface area contributed by atoms with Gasteiger partial charge in [-0.2, -0.15) is 0 Å². The van der Waals surface area contributed by atoms with Gasteiger partial charge in [0.1, 0.15) is 5.60 Å². The maximum Gasteiger partial charge on any atom is 0.312 e. The average Bonchev–Trinajstić information content (AvgIpc) is 3.16. The lowest BCUT2D eigenvalue weighted by Gasteiger charge is -2.40. The third kappa shape index (κ3) is 6.18. The molecule has 1 saturated heterocycles. The Morgan fingerprint density at radius 3 is 2.53 bits per heavy atom. The molecule has 1 aliphatic heterocycles. The van der Waals surface area contributed by atoms with Gasteiger partial charge >= 0.3 is 5.97 Å². The van der Waals surface area contributed by atoms with Crippen molar-refractivity contribution in [1.29, 1.82) is 0 Å². The molecule has 0 amide bonds. The number of esters is 1. The number of ether oxygens (including phenoxy) is 1. The highest BCUT2D eigenvalue weighted by Crippen LogP contribution is 2.37. The van der Waals surface area contributed by atoms with Crippen LogP contribution in [0.3, 0.4) is 0 Å². The zero-order valence-corrected chi connectivity index (χ0v) is 18.9. The molecule has 160 valence electrons. The third-order valence-electron chi connectivity index (χ3n) is 5.44. The summed E-state index contributed by atoms with van der Waals surface area (Å²) in [6, 6.07) is 14.4. The van der Waals surface area contributed by atoms with Gasteiger partial charge in [-0.05, 0) is 70.8 Å². The van der Waals surface area contributed by atoms with E-state index in [0.29, 0.717) is 6.61 Å². The van der Waals surface area contributed by atoms with Gasteiger partial charge in [-0.15, -0.1) is 11.3 Å². The Morgan fingerprint density at radius 1 is 1.20 bits per heavy atom. The van der Waals surface area contributed by atoms with Crippen LogP contribution in [0.2, 0.25) is 0 Å². The summed E-state index contributed by atoms with van der Waals surface area (Å²) in [7, 11) is 0. The van der Waals surface area contributed by atoms with Crippen molar-refractivity contribution in [2.45, 2.75) is 52.2 Å². The molecule has 0 aliphatic carbocycles. The van der Waals surface area contributed by atoms with Crippen LogP contribution in [0.15, 0.2) is 42.5 Å². The number of hydrogen-bond acceptors (Lipinski definition) is 5. The first-order valence-electron chi connectivity index (χ1n) is 10.6. The predicted molar refractivity (Wildman–Crippen MR) is 121 cm³/mol. The van der Waals surface area contributed by atoms with E-state index in [1.165, 1.54) is 10.4 Å². The molecular weight excluding hydrogens is 394 g/mol. The van der Waals surface area contributed by atoms with Gasteiger partial charge in [0, 0.05) is 11.4 Å². The van der Waals surface area contributed by atoms with E-state index in [1.54, 1.807) is 25.2 Å². The highest BCUT2D eigenvalue weighted by molar-refractivity contribution is 7.12. The lowest BCUT2D eigenvalue weighted by molar-refractivity contribution is -0.158. The topological polar surface area (TPSA) is 49.8 Å². The van der Waals surface area contributed by atoms with Crippen molar-refractivity contribution in [3.63, 3.8) is 0 Å². The predicted octanol–water partition coefficient (Wildman–Crippen LogP) is 4.26. The Labute approximate surface area is 183 Å². The Kier molecular flexibility index (Phi) is 7.36. The maximum absolute atomic E-state index is 12.9. The first kappa shape index (κ1) is 22.6. The van der Waals surface area contributed by atoms with Crippen LogP contribution in [-0.4, -0.2) is 41.3 Å². The number of benzene rings is 1. The summed E-state index contributed by atoms with van der Waals surface area (Å²) in [6.07, 6.45) is 2.34. The lowest BCUT2D eigenvalue weighted by atomic mass is 9.73. The quantitative estimate of drug-likeness (QED) is 0.555. The van der Waals surface area contributed by atoms with Gasteiger partial charge in [0.2, 0.25) is 0 Å². The van der Waals surface area contributed by atoms with E-state index in [2.05, 4.69) is 34.9 Å². The van der Waals surface area contributed by atoms with Gasteiger partial charge in [0.15, 0.2) is 0 Å². The normalized spacial score (nSPS) is 16.5. The molecule has 0 spiro atoms. The summed E-state index contributed by atoms with van der Waals surface area (Å²) < 4.78 is 5.48. The van der Waals surface area contributed by atoms with Crippen LogP contribution in [0.25, 0.3) is 0 Å². The number of thiophene rings is 1. The highest BCUT2D eigenvalue weighted by Gasteiger charge is 2.42. The molecule has 30 heavy (non-hydrogen) atoms. The fourth-order valence-corrected chi connectivity index (χ4v) is 4.73. The van der Waals surface area contributed by atoms with E-state index in [4.69, 9.17) is 4.74 Å². The minimum absolute atomic E-state index is 0.0613. The molecule has 2 aromatic rings. The molecule has 0 unspecified atom stereocenters. The Bertz CT molecular complexity index is 894. The first-order chi connectivity index (χ1) is 14.3. The van der Waals surface area contributed by atoms with E-state index < -0.39 is 11.0 Å². The number of nitrogens with zero attached hydrogens (tertiary/aromatic N) is 1. The molecule has 1 N–H and O–H groups in total.